The summed E-state index contributed by atoms with van der Waals surface area (Å²) in [5.74, 6) is 1.50. The highest BCUT2D eigenvalue weighted by atomic mass is 16.1. The van der Waals surface area contributed by atoms with Crippen LogP contribution in [0.15, 0.2) is 24.3 Å². The standard InChI is InChI=1S/C15H21N3O/c1-3-11(2)10-15(19)16-9-8-14-17-12-6-4-5-7-13(12)18-14/h4-7,11H,3,8-10H2,1-2H3,(H,16,19)(H,17,18). The maximum Gasteiger partial charge on any atom is 0.220 e. The van der Waals surface area contributed by atoms with Crippen molar-refractivity contribution in [2.24, 2.45) is 5.92 Å². The van der Waals surface area contributed by atoms with Gasteiger partial charge in [0.25, 0.3) is 0 Å². The Bertz CT molecular complexity index is 514. The van der Waals surface area contributed by atoms with Crippen LogP contribution >= 0.6 is 0 Å². The first-order valence-electron chi connectivity index (χ1n) is 6.89. The summed E-state index contributed by atoms with van der Waals surface area (Å²) in [6.45, 7) is 4.83. The molecule has 1 unspecified atom stereocenters. The first kappa shape index (κ1) is 13.6. The van der Waals surface area contributed by atoms with Crippen molar-refractivity contribution in [3.05, 3.63) is 30.1 Å². The molecule has 2 aromatic rings. The van der Waals surface area contributed by atoms with E-state index >= 15 is 0 Å². The van der Waals surface area contributed by atoms with Crippen LogP contribution in [-0.4, -0.2) is 22.4 Å². The molecule has 1 heterocycles. The third-order valence-corrected chi connectivity index (χ3v) is 3.35. The van der Waals surface area contributed by atoms with Gasteiger partial charge in [0, 0.05) is 19.4 Å². The van der Waals surface area contributed by atoms with Crippen LogP contribution < -0.4 is 5.32 Å². The number of nitrogens with one attached hydrogen (secondary N) is 2. The molecular weight excluding hydrogens is 238 g/mol. The number of nitrogens with zero attached hydrogens (tertiary/aromatic N) is 1. The molecule has 1 amide bonds. The van der Waals surface area contributed by atoms with E-state index in [2.05, 4.69) is 29.1 Å². The van der Waals surface area contributed by atoms with Crippen LogP contribution in [-0.2, 0) is 11.2 Å². The second-order valence-corrected chi connectivity index (χ2v) is 5.02. The van der Waals surface area contributed by atoms with Gasteiger partial charge in [0.2, 0.25) is 5.91 Å². The highest BCUT2D eigenvalue weighted by molar-refractivity contribution is 5.76. The lowest BCUT2D eigenvalue weighted by atomic mass is 10.1. The summed E-state index contributed by atoms with van der Waals surface area (Å²) in [7, 11) is 0. The zero-order valence-electron chi connectivity index (χ0n) is 11.6. The van der Waals surface area contributed by atoms with Crippen LogP contribution in [0.5, 0.6) is 0 Å². The molecule has 2 rings (SSSR count). The molecule has 1 atom stereocenters. The Balaban J connectivity index is 1.81. The zero-order valence-corrected chi connectivity index (χ0v) is 11.6. The van der Waals surface area contributed by atoms with Crippen molar-refractivity contribution in [3.63, 3.8) is 0 Å². The van der Waals surface area contributed by atoms with E-state index in [4.69, 9.17) is 0 Å². The first-order chi connectivity index (χ1) is 9.19. The number of para-hydroxylation sites is 2. The molecule has 0 spiro atoms. The van der Waals surface area contributed by atoms with Crippen molar-refractivity contribution in [3.8, 4) is 0 Å². The van der Waals surface area contributed by atoms with Gasteiger partial charge >= 0.3 is 0 Å². The Labute approximate surface area is 113 Å². The number of amides is 1. The van der Waals surface area contributed by atoms with Gasteiger partial charge in [-0.25, -0.2) is 4.98 Å². The number of H-pyrrole nitrogens is 1. The summed E-state index contributed by atoms with van der Waals surface area (Å²) in [4.78, 5) is 19.4. The lowest BCUT2D eigenvalue weighted by Crippen LogP contribution is -2.27. The van der Waals surface area contributed by atoms with Crippen LogP contribution in [0.1, 0.15) is 32.5 Å². The Morgan fingerprint density at radius 1 is 1.42 bits per heavy atom. The predicted molar refractivity (Wildman–Crippen MR) is 76.9 cm³/mol. The van der Waals surface area contributed by atoms with Gasteiger partial charge in [0.15, 0.2) is 0 Å². The third-order valence-electron chi connectivity index (χ3n) is 3.35. The number of hydrogen-bond donors (Lipinski definition) is 2. The fourth-order valence-electron chi connectivity index (χ4n) is 1.98. The summed E-state index contributed by atoms with van der Waals surface area (Å²) in [5, 5.41) is 2.94. The Kier molecular flexibility index (Phi) is 4.55. The molecule has 1 aromatic carbocycles. The predicted octanol–water partition coefficient (Wildman–Crippen LogP) is 2.66. The number of aromatic amines is 1. The van der Waals surface area contributed by atoms with Gasteiger partial charge in [-0.1, -0.05) is 32.4 Å². The molecule has 0 aliphatic carbocycles. The Morgan fingerprint density at radius 2 is 2.21 bits per heavy atom. The summed E-state index contributed by atoms with van der Waals surface area (Å²) >= 11 is 0. The van der Waals surface area contributed by atoms with Gasteiger partial charge < -0.3 is 10.3 Å². The maximum absolute atomic E-state index is 11.6. The topological polar surface area (TPSA) is 57.8 Å². The molecule has 19 heavy (non-hydrogen) atoms. The van der Waals surface area contributed by atoms with Crippen molar-refractivity contribution in [1.82, 2.24) is 15.3 Å². The molecule has 0 aliphatic heterocycles. The van der Waals surface area contributed by atoms with E-state index in [9.17, 15) is 4.79 Å². The van der Waals surface area contributed by atoms with E-state index < -0.39 is 0 Å². The van der Waals surface area contributed by atoms with Crippen LogP contribution in [0, 0.1) is 5.92 Å². The normalized spacial score (nSPS) is 12.5. The lowest BCUT2D eigenvalue weighted by Gasteiger charge is -2.08. The molecule has 2 N–H and O–H groups in total. The molecule has 0 bridgehead atoms. The van der Waals surface area contributed by atoms with Gasteiger partial charge in [-0.05, 0) is 18.1 Å². The highest BCUT2D eigenvalue weighted by Crippen LogP contribution is 2.10. The average Bonchev–Trinajstić information content (AvgIpc) is 2.81. The summed E-state index contributed by atoms with van der Waals surface area (Å²) in [6, 6.07) is 7.95. The fraction of sp³-hybridized carbons (Fsp3) is 0.467. The van der Waals surface area contributed by atoms with Crippen LogP contribution in [0.25, 0.3) is 11.0 Å². The van der Waals surface area contributed by atoms with E-state index in [-0.39, 0.29) is 5.91 Å². The second-order valence-electron chi connectivity index (χ2n) is 5.02. The average molecular weight is 259 g/mol. The number of carbonyl (C=O) groups excluding carboxylic acids is 1. The van der Waals surface area contributed by atoms with Crippen LogP contribution in [0.4, 0.5) is 0 Å². The van der Waals surface area contributed by atoms with Crippen LogP contribution in [0.3, 0.4) is 0 Å². The summed E-state index contributed by atoms with van der Waals surface area (Å²) in [5.41, 5.74) is 2.02. The van der Waals surface area contributed by atoms with E-state index in [1.165, 1.54) is 0 Å². The molecular formula is C15H21N3O. The second kappa shape index (κ2) is 6.36. The number of hydrogen-bond acceptors (Lipinski definition) is 2. The molecule has 4 nitrogen and oxygen atoms in total. The molecule has 102 valence electrons. The first-order valence-corrected chi connectivity index (χ1v) is 6.89. The number of imidazole rings is 1. The molecule has 0 saturated heterocycles. The van der Waals surface area contributed by atoms with E-state index in [0.29, 0.717) is 18.9 Å². The van der Waals surface area contributed by atoms with E-state index in [0.717, 1.165) is 29.7 Å². The number of rotatable bonds is 6. The molecule has 0 fully saturated rings. The van der Waals surface area contributed by atoms with Gasteiger partial charge in [-0.3, -0.25) is 4.79 Å². The van der Waals surface area contributed by atoms with E-state index in [1.54, 1.807) is 0 Å². The monoisotopic (exact) mass is 259 g/mol. The SMILES string of the molecule is CCC(C)CC(=O)NCCc1nc2ccccc2[nH]1. The smallest absolute Gasteiger partial charge is 0.220 e. The molecule has 0 aliphatic rings. The van der Waals surface area contributed by atoms with Crippen molar-refractivity contribution in [2.45, 2.75) is 33.1 Å². The Morgan fingerprint density at radius 3 is 2.95 bits per heavy atom. The molecule has 0 radical (unpaired) electrons. The number of carbonyl (C=O) groups is 1. The van der Waals surface area contributed by atoms with Gasteiger partial charge in [0.1, 0.15) is 5.82 Å². The zero-order chi connectivity index (χ0) is 13.7. The van der Waals surface area contributed by atoms with Gasteiger partial charge in [0.05, 0.1) is 11.0 Å². The minimum atomic E-state index is 0.130. The highest BCUT2D eigenvalue weighted by Gasteiger charge is 2.07. The summed E-state index contributed by atoms with van der Waals surface area (Å²) in [6.07, 6.45) is 2.38. The van der Waals surface area contributed by atoms with Crippen molar-refractivity contribution in [1.29, 1.82) is 0 Å². The van der Waals surface area contributed by atoms with Gasteiger partial charge in [-0.2, -0.15) is 0 Å². The fourth-order valence-corrected chi connectivity index (χ4v) is 1.98. The molecule has 0 saturated carbocycles. The third kappa shape index (κ3) is 3.81. The van der Waals surface area contributed by atoms with E-state index in [1.807, 2.05) is 24.3 Å². The van der Waals surface area contributed by atoms with Crippen molar-refractivity contribution >= 4 is 16.9 Å². The van der Waals surface area contributed by atoms with Crippen molar-refractivity contribution < 1.29 is 4.79 Å². The minimum absolute atomic E-state index is 0.130. The largest absolute Gasteiger partial charge is 0.356 e. The maximum atomic E-state index is 11.6. The molecule has 1 aromatic heterocycles. The Hall–Kier alpha value is -1.84. The number of aromatic nitrogens is 2. The minimum Gasteiger partial charge on any atom is -0.356 e. The number of benzene rings is 1. The quantitative estimate of drug-likeness (QED) is 0.838. The molecule has 4 heteroatoms. The number of fused-ring (bicyclic) bond motifs is 1. The lowest BCUT2D eigenvalue weighted by molar-refractivity contribution is -0.121. The van der Waals surface area contributed by atoms with Gasteiger partial charge in [-0.15, -0.1) is 0 Å². The van der Waals surface area contributed by atoms with Crippen molar-refractivity contribution in [2.75, 3.05) is 6.54 Å². The summed E-state index contributed by atoms with van der Waals surface area (Å²) < 4.78 is 0. The van der Waals surface area contributed by atoms with Crippen LogP contribution in [0.2, 0.25) is 0 Å².